The number of hydrogen-bond donors (Lipinski definition) is 1. The Hall–Kier alpha value is -2.08. The number of ether oxygens (including phenoxy) is 2. The normalized spacial score (nSPS) is 16.8. The molecule has 6 heteroatoms. The molecule has 0 bridgehead atoms. The second kappa shape index (κ2) is 5.27. The lowest BCUT2D eigenvalue weighted by molar-refractivity contribution is -0.121. The first-order valence-corrected chi connectivity index (χ1v) is 6.00. The van der Waals surface area contributed by atoms with Gasteiger partial charge >= 0.3 is 0 Å². The van der Waals surface area contributed by atoms with E-state index < -0.39 is 0 Å². The molecule has 1 amide bonds. The first-order chi connectivity index (χ1) is 9.06. The van der Waals surface area contributed by atoms with E-state index in [4.69, 9.17) is 21.7 Å². The van der Waals surface area contributed by atoms with Crippen molar-refractivity contribution in [1.82, 2.24) is 10.2 Å². The summed E-state index contributed by atoms with van der Waals surface area (Å²) >= 11 is 5.01. The fraction of sp³-hybridized carbons (Fsp3) is 0.231. The lowest BCUT2D eigenvalue weighted by atomic mass is 10.1. The van der Waals surface area contributed by atoms with Crippen molar-refractivity contribution in [3.8, 4) is 11.5 Å². The largest absolute Gasteiger partial charge is 0.493 e. The molecule has 1 aromatic carbocycles. The second-order valence-corrected chi connectivity index (χ2v) is 4.35. The van der Waals surface area contributed by atoms with E-state index in [1.165, 1.54) is 4.90 Å². The van der Waals surface area contributed by atoms with Crippen LogP contribution in [0.5, 0.6) is 11.5 Å². The third-order valence-corrected chi connectivity index (χ3v) is 3.18. The highest BCUT2D eigenvalue weighted by molar-refractivity contribution is 7.80. The summed E-state index contributed by atoms with van der Waals surface area (Å²) in [7, 11) is 4.77. The molecule has 1 aromatic rings. The highest BCUT2D eigenvalue weighted by Crippen LogP contribution is 2.28. The molecule has 1 heterocycles. The van der Waals surface area contributed by atoms with Gasteiger partial charge in [0.2, 0.25) is 0 Å². The number of nitrogens with one attached hydrogen (secondary N) is 1. The highest BCUT2D eigenvalue weighted by atomic mass is 32.1. The Balaban J connectivity index is 2.34. The predicted molar refractivity (Wildman–Crippen MR) is 76.0 cm³/mol. The molecule has 19 heavy (non-hydrogen) atoms. The molecule has 0 aromatic heterocycles. The minimum atomic E-state index is -0.153. The van der Waals surface area contributed by atoms with E-state index in [2.05, 4.69) is 5.32 Å². The summed E-state index contributed by atoms with van der Waals surface area (Å²) in [6.07, 6.45) is 1.72. The SMILES string of the molecule is COc1ccc(/C=C2\NC(=S)N(C)C2=O)cc1OC. The third-order valence-electron chi connectivity index (χ3n) is 2.80. The lowest BCUT2D eigenvalue weighted by Crippen LogP contribution is -2.25. The van der Waals surface area contributed by atoms with Crippen molar-refractivity contribution in [3.05, 3.63) is 29.5 Å². The van der Waals surface area contributed by atoms with Crippen molar-refractivity contribution >= 4 is 29.3 Å². The van der Waals surface area contributed by atoms with Crippen molar-refractivity contribution in [1.29, 1.82) is 0 Å². The molecule has 0 aliphatic carbocycles. The number of likely N-dealkylation sites (N-methyl/N-ethyl adjacent to an activating group) is 1. The average Bonchev–Trinajstić information content (AvgIpc) is 2.66. The Morgan fingerprint density at radius 1 is 1.26 bits per heavy atom. The number of amides is 1. The molecule has 1 aliphatic rings. The van der Waals surface area contributed by atoms with Gasteiger partial charge in [-0.2, -0.15) is 0 Å². The molecular formula is C13H14N2O3S. The molecular weight excluding hydrogens is 264 g/mol. The van der Waals surface area contributed by atoms with Crippen LogP contribution in [0.15, 0.2) is 23.9 Å². The summed E-state index contributed by atoms with van der Waals surface area (Å²) in [5.74, 6) is 1.10. The van der Waals surface area contributed by atoms with Crippen molar-refractivity contribution < 1.29 is 14.3 Å². The average molecular weight is 278 g/mol. The number of carbonyl (C=O) groups excluding carboxylic acids is 1. The van der Waals surface area contributed by atoms with Crippen LogP contribution in [0.3, 0.4) is 0 Å². The molecule has 1 saturated heterocycles. The van der Waals surface area contributed by atoms with Gasteiger partial charge in [0.05, 0.1) is 14.2 Å². The summed E-state index contributed by atoms with van der Waals surface area (Å²) in [5.41, 5.74) is 1.27. The van der Waals surface area contributed by atoms with Gasteiger partial charge in [0.15, 0.2) is 16.6 Å². The monoisotopic (exact) mass is 278 g/mol. The van der Waals surface area contributed by atoms with E-state index in [1.807, 2.05) is 6.07 Å². The van der Waals surface area contributed by atoms with Crippen LogP contribution in [0.1, 0.15) is 5.56 Å². The quantitative estimate of drug-likeness (QED) is 0.669. The Morgan fingerprint density at radius 3 is 2.47 bits per heavy atom. The fourth-order valence-electron chi connectivity index (χ4n) is 1.73. The number of rotatable bonds is 3. The molecule has 0 atom stereocenters. The van der Waals surface area contributed by atoms with E-state index in [9.17, 15) is 4.79 Å². The van der Waals surface area contributed by atoms with E-state index in [0.29, 0.717) is 22.3 Å². The maximum atomic E-state index is 11.8. The summed E-state index contributed by atoms with van der Waals surface area (Å²) in [6, 6.07) is 5.42. The zero-order chi connectivity index (χ0) is 14.0. The zero-order valence-corrected chi connectivity index (χ0v) is 11.7. The van der Waals surface area contributed by atoms with Crippen LogP contribution in [0.4, 0.5) is 0 Å². The Morgan fingerprint density at radius 2 is 1.95 bits per heavy atom. The van der Waals surface area contributed by atoms with Gasteiger partial charge in [0.25, 0.3) is 5.91 Å². The van der Waals surface area contributed by atoms with Gasteiger partial charge in [-0.05, 0) is 36.0 Å². The van der Waals surface area contributed by atoms with Gasteiger partial charge in [-0.3, -0.25) is 9.69 Å². The van der Waals surface area contributed by atoms with E-state index in [1.54, 1.807) is 39.5 Å². The van der Waals surface area contributed by atoms with Crippen LogP contribution >= 0.6 is 12.2 Å². The van der Waals surface area contributed by atoms with Crippen LogP contribution in [-0.4, -0.2) is 37.2 Å². The van der Waals surface area contributed by atoms with Gasteiger partial charge in [-0.15, -0.1) is 0 Å². The van der Waals surface area contributed by atoms with Crippen LogP contribution in [0.25, 0.3) is 6.08 Å². The number of thiocarbonyl (C=S) groups is 1. The molecule has 5 nitrogen and oxygen atoms in total. The molecule has 2 rings (SSSR count). The van der Waals surface area contributed by atoms with E-state index >= 15 is 0 Å². The molecule has 0 saturated carbocycles. The predicted octanol–water partition coefficient (Wildman–Crippen LogP) is 1.39. The van der Waals surface area contributed by atoms with Crippen molar-refractivity contribution in [2.24, 2.45) is 0 Å². The van der Waals surface area contributed by atoms with Crippen LogP contribution in [0.2, 0.25) is 0 Å². The highest BCUT2D eigenvalue weighted by Gasteiger charge is 2.26. The molecule has 1 fully saturated rings. The summed E-state index contributed by atoms with van der Waals surface area (Å²) in [5, 5.41) is 3.26. The zero-order valence-electron chi connectivity index (χ0n) is 10.9. The maximum Gasteiger partial charge on any atom is 0.276 e. The number of nitrogens with zero attached hydrogens (tertiary/aromatic N) is 1. The smallest absolute Gasteiger partial charge is 0.276 e. The Kier molecular flexibility index (Phi) is 3.71. The molecule has 0 unspecified atom stereocenters. The maximum absolute atomic E-state index is 11.8. The van der Waals surface area contributed by atoms with E-state index in [-0.39, 0.29) is 5.91 Å². The second-order valence-electron chi connectivity index (χ2n) is 3.97. The minimum absolute atomic E-state index is 0.153. The number of carbonyl (C=O) groups is 1. The first-order valence-electron chi connectivity index (χ1n) is 5.59. The Bertz CT molecular complexity index is 569. The molecule has 1 N–H and O–H groups in total. The summed E-state index contributed by atoms with van der Waals surface area (Å²) < 4.78 is 10.4. The topological polar surface area (TPSA) is 50.8 Å². The number of hydrogen-bond acceptors (Lipinski definition) is 4. The Labute approximate surface area is 116 Å². The standard InChI is InChI=1S/C13H14N2O3S/c1-15-12(16)9(14-13(15)19)6-8-4-5-10(17-2)11(7-8)18-3/h4-7H,1-3H3,(H,14,19)/b9-6-. The van der Waals surface area contributed by atoms with Gasteiger partial charge in [0, 0.05) is 7.05 Å². The van der Waals surface area contributed by atoms with Crippen molar-refractivity contribution in [2.75, 3.05) is 21.3 Å². The van der Waals surface area contributed by atoms with Crippen LogP contribution in [0, 0.1) is 0 Å². The summed E-state index contributed by atoms with van der Waals surface area (Å²) in [4.78, 5) is 13.2. The van der Waals surface area contributed by atoms with Crippen molar-refractivity contribution in [2.45, 2.75) is 0 Å². The van der Waals surface area contributed by atoms with Crippen LogP contribution in [-0.2, 0) is 4.79 Å². The first kappa shape index (κ1) is 13.4. The van der Waals surface area contributed by atoms with Crippen LogP contribution < -0.4 is 14.8 Å². The number of methoxy groups -OCH3 is 2. The number of benzene rings is 1. The van der Waals surface area contributed by atoms with Crippen molar-refractivity contribution in [3.63, 3.8) is 0 Å². The lowest BCUT2D eigenvalue weighted by Gasteiger charge is -2.08. The third kappa shape index (κ3) is 2.53. The van der Waals surface area contributed by atoms with E-state index in [0.717, 1.165) is 5.56 Å². The summed E-state index contributed by atoms with van der Waals surface area (Å²) in [6.45, 7) is 0. The molecule has 1 aliphatic heterocycles. The van der Waals surface area contributed by atoms with Gasteiger partial charge in [-0.25, -0.2) is 0 Å². The fourth-order valence-corrected chi connectivity index (χ4v) is 1.93. The molecule has 0 radical (unpaired) electrons. The minimum Gasteiger partial charge on any atom is -0.493 e. The van der Waals surface area contributed by atoms with Gasteiger partial charge in [0.1, 0.15) is 5.70 Å². The van der Waals surface area contributed by atoms with Gasteiger partial charge in [-0.1, -0.05) is 6.07 Å². The molecule has 100 valence electrons. The molecule has 0 spiro atoms. The van der Waals surface area contributed by atoms with Gasteiger partial charge < -0.3 is 14.8 Å².